The highest BCUT2D eigenvalue weighted by molar-refractivity contribution is 7.99. The summed E-state index contributed by atoms with van der Waals surface area (Å²) in [6, 6.07) is 1.68. The maximum atomic E-state index is 3.74. The minimum atomic E-state index is 0.781. The van der Waals surface area contributed by atoms with Crippen molar-refractivity contribution in [1.82, 2.24) is 10.2 Å². The van der Waals surface area contributed by atoms with Crippen LogP contribution in [-0.4, -0.2) is 48.1 Å². The summed E-state index contributed by atoms with van der Waals surface area (Å²) in [7, 11) is 0. The number of nitrogens with zero attached hydrogens (tertiary/aromatic N) is 1. The molecule has 0 aromatic rings. The van der Waals surface area contributed by atoms with Gasteiger partial charge < -0.3 is 10.2 Å². The van der Waals surface area contributed by atoms with Gasteiger partial charge in [-0.05, 0) is 38.8 Å². The van der Waals surface area contributed by atoms with E-state index in [4.69, 9.17) is 0 Å². The van der Waals surface area contributed by atoms with Crippen molar-refractivity contribution in [3.8, 4) is 0 Å². The number of hydrogen-bond donors (Lipinski definition) is 1. The van der Waals surface area contributed by atoms with Crippen LogP contribution in [0.2, 0.25) is 0 Å². The molecule has 0 aromatic carbocycles. The Morgan fingerprint density at radius 3 is 3.19 bits per heavy atom. The number of thioether (sulfide) groups is 1. The van der Waals surface area contributed by atoms with Gasteiger partial charge in [0.25, 0.3) is 0 Å². The van der Waals surface area contributed by atoms with E-state index >= 15 is 0 Å². The first-order chi connectivity index (χ1) is 7.90. The Morgan fingerprint density at radius 1 is 1.38 bits per heavy atom. The molecule has 2 fully saturated rings. The van der Waals surface area contributed by atoms with Crippen LogP contribution in [0.3, 0.4) is 0 Å². The van der Waals surface area contributed by atoms with Gasteiger partial charge in [-0.2, -0.15) is 11.8 Å². The zero-order valence-electron chi connectivity index (χ0n) is 10.2. The standard InChI is InChI=1S/C13H24N2S/c1-2-9-16-10-6-14-12-5-8-15-7-3-4-13(15)11-12/h2,12-14H,1,3-11H2. The number of nitrogens with one attached hydrogen (secondary N) is 1. The molecule has 1 N–H and O–H groups in total. The second-order valence-electron chi connectivity index (χ2n) is 4.87. The Morgan fingerprint density at radius 2 is 2.31 bits per heavy atom. The monoisotopic (exact) mass is 240 g/mol. The first-order valence-electron chi connectivity index (χ1n) is 6.56. The molecule has 0 aromatic heterocycles. The van der Waals surface area contributed by atoms with E-state index in [-0.39, 0.29) is 0 Å². The van der Waals surface area contributed by atoms with Crippen molar-refractivity contribution < 1.29 is 0 Å². The van der Waals surface area contributed by atoms with Gasteiger partial charge in [-0.1, -0.05) is 6.08 Å². The Bertz CT molecular complexity index is 220. The molecule has 0 saturated carbocycles. The Balaban J connectivity index is 1.58. The summed E-state index contributed by atoms with van der Waals surface area (Å²) in [5.74, 6) is 2.31. The van der Waals surface area contributed by atoms with Gasteiger partial charge in [0, 0.05) is 30.1 Å². The predicted molar refractivity (Wildman–Crippen MR) is 73.1 cm³/mol. The predicted octanol–water partition coefficient (Wildman–Crippen LogP) is 2.12. The number of hydrogen-bond acceptors (Lipinski definition) is 3. The van der Waals surface area contributed by atoms with Crippen molar-refractivity contribution in [2.75, 3.05) is 31.1 Å². The summed E-state index contributed by atoms with van der Waals surface area (Å²) in [5, 5.41) is 3.71. The zero-order valence-corrected chi connectivity index (χ0v) is 11.0. The molecular formula is C13H24N2S. The van der Waals surface area contributed by atoms with Crippen LogP contribution >= 0.6 is 11.8 Å². The lowest BCUT2D eigenvalue weighted by Gasteiger charge is -2.35. The van der Waals surface area contributed by atoms with Crippen LogP contribution in [0, 0.1) is 0 Å². The fourth-order valence-electron chi connectivity index (χ4n) is 2.91. The van der Waals surface area contributed by atoms with E-state index in [1.807, 2.05) is 17.8 Å². The van der Waals surface area contributed by atoms with Crippen molar-refractivity contribution in [2.45, 2.75) is 37.8 Å². The largest absolute Gasteiger partial charge is 0.313 e. The van der Waals surface area contributed by atoms with E-state index in [0.29, 0.717) is 0 Å². The molecule has 2 atom stereocenters. The molecule has 2 unspecified atom stereocenters. The number of fused-ring (bicyclic) bond motifs is 1. The summed E-state index contributed by atoms with van der Waals surface area (Å²) < 4.78 is 0. The molecule has 2 nitrogen and oxygen atoms in total. The van der Waals surface area contributed by atoms with Crippen molar-refractivity contribution in [2.24, 2.45) is 0 Å². The molecule has 2 heterocycles. The topological polar surface area (TPSA) is 15.3 Å². The Labute approximate surface area is 104 Å². The van der Waals surface area contributed by atoms with Crippen LogP contribution in [-0.2, 0) is 0 Å². The van der Waals surface area contributed by atoms with Crippen LogP contribution in [0.5, 0.6) is 0 Å². The zero-order chi connectivity index (χ0) is 11.2. The molecule has 16 heavy (non-hydrogen) atoms. The van der Waals surface area contributed by atoms with Crippen molar-refractivity contribution in [3.05, 3.63) is 12.7 Å². The lowest BCUT2D eigenvalue weighted by Crippen LogP contribution is -2.46. The van der Waals surface area contributed by atoms with E-state index < -0.39 is 0 Å². The molecule has 2 saturated heterocycles. The van der Waals surface area contributed by atoms with Crippen molar-refractivity contribution >= 4 is 11.8 Å². The maximum absolute atomic E-state index is 3.74. The quantitative estimate of drug-likeness (QED) is 0.565. The minimum absolute atomic E-state index is 0.781. The highest BCUT2D eigenvalue weighted by Gasteiger charge is 2.31. The molecule has 92 valence electrons. The van der Waals surface area contributed by atoms with Crippen LogP contribution in [0.25, 0.3) is 0 Å². The second-order valence-corrected chi connectivity index (χ2v) is 6.02. The van der Waals surface area contributed by atoms with Gasteiger partial charge in [-0.3, -0.25) is 0 Å². The molecule has 0 bridgehead atoms. The fourth-order valence-corrected chi connectivity index (χ4v) is 3.51. The Hall–Kier alpha value is 0.01000. The van der Waals surface area contributed by atoms with Crippen molar-refractivity contribution in [3.63, 3.8) is 0 Å². The van der Waals surface area contributed by atoms with E-state index in [0.717, 1.165) is 24.4 Å². The van der Waals surface area contributed by atoms with Crippen LogP contribution in [0.4, 0.5) is 0 Å². The van der Waals surface area contributed by atoms with Gasteiger partial charge in [0.05, 0.1) is 0 Å². The van der Waals surface area contributed by atoms with Crippen LogP contribution in [0.1, 0.15) is 25.7 Å². The first kappa shape index (κ1) is 12.5. The van der Waals surface area contributed by atoms with Gasteiger partial charge in [0.2, 0.25) is 0 Å². The van der Waals surface area contributed by atoms with Crippen molar-refractivity contribution in [1.29, 1.82) is 0 Å². The average Bonchev–Trinajstić information content (AvgIpc) is 2.76. The average molecular weight is 240 g/mol. The molecule has 2 aliphatic heterocycles. The summed E-state index contributed by atoms with van der Waals surface area (Å²) in [5.41, 5.74) is 0. The van der Waals surface area contributed by atoms with Gasteiger partial charge in [-0.15, -0.1) is 6.58 Å². The summed E-state index contributed by atoms with van der Waals surface area (Å²) in [6.45, 7) is 7.58. The molecule has 0 aliphatic carbocycles. The normalized spacial score (nSPS) is 30.2. The lowest BCUT2D eigenvalue weighted by molar-refractivity contribution is 0.168. The molecule has 2 aliphatic rings. The second kappa shape index (κ2) is 6.67. The summed E-state index contributed by atoms with van der Waals surface area (Å²) in [4.78, 5) is 2.69. The maximum Gasteiger partial charge on any atom is 0.0111 e. The SMILES string of the molecule is C=CCSCCNC1CCN2CCCC2C1. The Kier molecular flexibility index (Phi) is 5.20. The third-order valence-corrected chi connectivity index (χ3v) is 4.70. The summed E-state index contributed by atoms with van der Waals surface area (Å²) >= 11 is 1.97. The van der Waals surface area contributed by atoms with Gasteiger partial charge >= 0.3 is 0 Å². The molecular weight excluding hydrogens is 216 g/mol. The van der Waals surface area contributed by atoms with Gasteiger partial charge in [0.15, 0.2) is 0 Å². The third-order valence-electron chi connectivity index (χ3n) is 3.74. The van der Waals surface area contributed by atoms with E-state index in [1.54, 1.807) is 0 Å². The highest BCUT2D eigenvalue weighted by Crippen LogP contribution is 2.26. The fraction of sp³-hybridized carbons (Fsp3) is 0.846. The number of piperidine rings is 1. The highest BCUT2D eigenvalue weighted by atomic mass is 32.2. The van der Waals surface area contributed by atoms with E-state index in [9.17, 15) is 0 Å². The van der Waals surface area contributed by atoms with Crippen LogP contribution in [0.15, 0.2) is 12.7 Å². The third kappa shape index (κ3) is 3.51. The van der Waals surface area contributed by atoms with Gasteiger partial charge in [-0.25, -0.2) is 0 Å². The molecule has 0 spiro atoms. The first-order valence-corrected chi connectivity index (χ1v) is 7.71. The molecule has 2 rings (SSSR count). The lowest BCUT2D eigenvalue weighted by atomic mass is 9.98. The smallest absolute Gasteiger partial charge is 0.0111 e. The number of rotatable bonds is 6. The molecule has 0 radical (unpaired) electrons. The molecule has 3 heteroatoms. The molecule has 0 amide bonds. The minimum Gasteiger partial charge on any atom is -0.313 e. The summed E-state index contributed by atoms with van der Waals surface area (Å²) in [6.07, 6.45) is 7.58. The van der Waals surface area contributed by atoms with E-state index in [2.05, 4.69) is 16.8 Å². The van der Waals surface area contributed by atoms with Crippen LogP contribution < -0.4 is 5.32 Å². The van der Waals surface area contributed by atoms with Gasteiger partial charge in [0.1, 0.15) is 0 Å². The van der Waals surface area contributed by atoms with E-state index in [1.165, 1.54) is 44.5 Å².